The molecule has 0 radical (unpaired) electrons. The fourth-order valence-corrected chi connectivity index (χ4v) is 5.95. The Hall–Kier alpha value is -3.19. The molecule has 0 saturated carbocycles. The van der Waals surface area contributed by atoms with Gasteiger partial charge in [0, 0.05) is 24.5 Å². The minimum Gasteiger partial charge on any atom is -0.486 e. The number of ketones is 1. The van der Waals surface area contributed by atoms with E-state index in [1.54, 1.807) is 30.3 Å². The van der Waals surface area contributed by atoms with Crippen LogP contribution >= 0.6 is 0 Å². The van der Waals surface area contributed by atoms with Gasteiger partial charge in [0.1, 0.15) is 31.1 Å². The van der Waals surface area contributed by atoms with E-state index in [1.165, 1.54) is 4.90 Å². The molecule has 3 fully saturated rings. The molecule has 4 aliphatic heterocycles. The lowest BCUT2D eigenvalue weighted by atomic mass is 9.85. The normalized spacial score (nSPS) is 31.0. The van der Waals surface area contributed by atoms with Crippen molar-refractivity contribution in [3.63, 3.8) is 0 Å². The third-order valence-corrected chi connectivity index (χ3v) is 7.17. The molecule has 7 heteroatoms. The highest BCUT2D eigenvalue weighted by Crippen LogP contribution is 2.42. The molecule has 158 valence electrons. The van der Waals surface area contributed by atoms with Gasteiger partial charge < -0.3 is 14.4 Å². The second-order valence-electron chi connectivity index (χ2n) is 8.67. The maximum absolute atomic E-state index is 13.6. The number of quaternary nitrogens is 1. The van der Waals surface area contributed by atoms with Gasteiger partial charge in [-0.15, -0.1) is 0 Å². The number of hydrogen-bond acceptors (Lipinski definition) is 5. The Kier molecular flexibility index (Phi) is 4.14. The number of fused-ring (bicyclic) bond motifs is 4. The Morgan fingerprint density at radius 3 is 2.48 bits per heavy atom. The monoisotopic (exact) mass is 419 g/mol. The Balaban J connectivity index is 1.39. The summed E-state index contributed by atoms with van der Waals surface area (Å²) < 4.78 is 11.2. The smallest absolute Gasteiger partial charge is 0.244 e. The summed E-state index contributed by atoms with van der Waals surface area (Å²) in [5.74, 6) is -0.434. The lowest BCUT2D eigenvalue weighted by Gasteiger charge is -2.26. The minimum absolute atomic E-state index is 0.0151. The van der Waals surface area contributed by atoms with Gasteiger partial charge in [-0.05, 0) is 12.1 Å². The zero-order valence-electron chi connectivity index (χ0n) is 17.0. The molecular formula is C24H23N2O5+. The van der Waals surface area contributed by atoms with Gasteiger partial charge in [-0.1, -0.05) is 30.3 Å². The number of rotatable bonds is 3. The van der Waals surface area contributed by atoms with Crippen molar-refractivity contribution in [2.75, 3.05) is 24.7 Å². The second kappa shape index (κ2) is 6.92. The van der Waals surface area contributed by atoms with Gasteiger partial charge in [-0.2, -0.15) is 0 Å². The Bertz CT molecular complexity index is 1080. The predicted octanol–water partition coefficient (Wildman–Crippen LogP) is 0.876. The van der Waals surface area contributed by atoms with Crippen LogP contribution in [0, 0.1) is 11.8 Å². The average Bonchev–Trinajstić information content (AvgIpc) is 3.45. The maximum atomic E-state index is 13.6. The number of anilines is 1. The molecule has 0 aromatic heterocycles. The highest BCUT2D eigenvalue weighted by Gasteiger charge is 2.68. The van der Waals surface area contributed by atoms with Gasteiger partial charge in [-0.3, -0.25) is 14.4 Å². The highest BCUT2D eigenvalue weighted by atomic mass is 16.6. The maximum Gasteiger partial charge on any atom is 0.244 e. The average molecular weight is 419 g/mol. The fraction of sp³-hybridized carbons (Fsp3) is 0.375. The molecule has 2 aromatic carbocycles. The van der Waals surface area contributed by atoms with E-state index in [0.29, 0.717) is 36.0 Å². The zero-order chi connectivity index (χ0) is 21.1. The summed E-state index contributed by atoms with van der Waals surface area (Å²) in [7, 11) is 0. The number of Topliss-reactive ketones (excluding diaryl/α,β-unsaturated/α-hetero) is 1. The number of imide groups is 1. The van der Waals surface area contributed by atoms with Gasteiger partial charge in [-0.25, -0.2) is 4.90 Å². The molecule has 1 unspecified atom stereocenters. The van der Waals surface area contributed by atoms with E-state index in [1.807, 2.05) is 18.2 Å². The molecule has 2 aromatic rings. The van der Waals surface area contributed by atoms with Gasteiger partial charge in [0.25, 0.3) is 0 Å². The van der Waals surface area contributed by atoms with E-state index >= 15 is 0 Å². The van der Waals surface area contributed by atoms with Crippen LogP contribution in [0.1, 0.15) is 23.2 Å². The van der Waals surface area contributed by atoms with E-state index in [-0.39, 0.29) is 23.6 Å². The van der Waals surface area contributed by atoms with Crippen LogP contribution in [-0.4, -0.2) is 49.4 Å². The van der Waals surface area contributed by atoms with Crippen LogP contribution in [0.25, 0.3) is 0 Å². The number of amides is 2. The molecule has 0 spiro atoms. The molecule has 0 aliphatic carbocycles. The molecule has 3 saturated heterocycles. The van der Waals surface area contributed by atoms with E-state index in [9.17, 15) is 14.4 Å². The highest BCUT2D eigenvalue weighted by molar-refractivity contribution is 6.24. The quantitative estimate of drug-likeness (QED) is 0.590. The molecule has 5 atom stereocenters. The third kappa shape index (κ3) is 2.66. The number of nitrogens with zero attached hydrogens (tertiary/aromatic N) is 1. The summed E-state index contributed by atoms with van der Waals surface area (Å²) >= 11 is 0. The summed E-state index contributed by atoms with van der Waals surface area (Å²) in [6, 6.07) is 13.8. The van der Waals surface area contributed by atoms with Crippen molar-refractivity contribution < 1.29 is 28.8 Å². The lowest BCUT2D eigenvalue weighted by molar-refractivity contribution is -0.915. The number of nitrogens with one attached hydrogen (secondary N) is 1. The molecule has 7 nitrogen and oxygen atoms in total. The summed E-state index contributed by atoms with van der Waals surface area (Å²) in [6.07, 6.45) is 1.83. The molecule has 0 bridgehead atoms. The first kappa shape index (κ1) is 18.6. The molecular weight excluding hydrogens is 396 g/mol. The predicted molar refractivity (Wildman–Crippen MR) is 110 cm³/mol. The van der Waals surface area contributed by atoms with Gasteiger partial charge in [0.05, 0.1) is 12.2 Å². The first-order valence-corrected chi connectivity index (χ1v) is 10.9. The van der Waals surface area contributed by atoms with Crippen molar-refractivity contribution in [3.05, 3.63) is 54.1 Å². The first-order valence-electron chi connectivity index (χ1n) is 10.9. The van der Waals surface area contributed by atoms with Gasteiger partial charge in [0.2, 0.25) is 17.6 Å². The zero-order valence-corrected chi connectivity index (χ0v) is 17.0. The molecule has 4 heterocycles. The van der Waals surface area contributed by atoms with Crippen LogP contribution in [0.2, 0.25) is 0 Å². The fourth-order valence-electron chi connectivity index (χ4n) is 5.95. The standard InChI is InChI=1S/C24H22N2O5/c27-22(14-5-2-1-3-6-14)21-20-19(16-7-4-10-25(16)21)23(28)26(24(20)29)15-8-9-17-18(13-15)31-12-11-30-17/h1-3,5-6,8-9,13,16,19-21H,4,7,10-12H2/p+1/t16-,19-,20+,21-/m1/s1. The number of carbonyl (C=O) groups excluding carboxylic acids is 3. The molecule has 31 heavy (non-hydrogen) atoms. The number of hydrogen-bond donors (Lipinski definition) is 1. The van der Waals surface area contributed by atoms with Gasteiger partial charge in [0.15, 0.2) is 17.5 Å². The van der Waals surface area contributed by atoms with Crippen molar-refractivity contribution in [3.8, 4) is 11.5 Å². The molecule has 6 rings (SSSR count). The number of carbonyl (C=O) groups is 3. The number of ether oxygens (including phenoxy) is 2. The molecule has 2 amide bonds. The summed E-state index contributed by atoms with van der Waals surface area (Å²) in [4.78, 5) is 43.0. The van der Waals surface area contributed by atoms with Crippen LogP contribution in [0.5, 0.6) is 11.5 Å². The van der Waals surface area contributed by atoms with E-state index in [2.05, 4.69) is 0 Å². The van der Waals surface area contributed by atoms with Crippen LogP contribution in [0.15, 0.2) is 48.5 Å². The molecule has 4 aliphatic rings. The SMILES string of the molecule is O=C(c1ccccc1)[C@H]1[C@H]2C(=O)N(c3ccc4c(c3)OCCO4)C(=O)[C@@H]2[C@H]2CCC[NH+]21. The largest absolute Gasteiger partial charge is 0.486 e. The van der Waals surface area contributed by atoms with Crippen LogP contribution in [0.4, 0.5) is 5.69 Å². The van der Waals surface area contributed by atoms with E-state index in [0.717, 1.165) is 24.3 Å². The van der Waals surface area contributed by atoms with Crippen molar-refractivity contribution in [2.45, 2.75) is 24.9 Å². The van der Waals surface area contributed by atoms with E-state index in [4.69, 9.17) is 9.47 Å². The number of benzene rings is 2. The van der Waals surface area contributed by atoms with Crippen LogP contribution in [-0.2, 0) is 9.59 Å². The second-order valence-corrected chi connectivity index (χ2v) is 8.67. The first-order chi connectivity index (χ1) is 15.1. The van der Waals surface area contributed by atoms with Gasteiger partial charge >= 0.3 is 0 Å². The minimum atomic E-state index is -0.617. The third-order valence-electron chi connectivity index (χ3n) is 7.17. The lowest BCUT2D eigenvalue weighted by Crippen LogP contribution is -3.16. The van der Waals surface area contributed by atoms with Crippen molar-refractivity contribution in [1.29, 1.82) is 0 Å². The Labute approximate surface area is 179 Å². The Morgan fingerprint density at radius 2 is 1.68 bits per heavy atom. The van der Waals surface area contributed by atoms with Crippen LogP contribution < -0.4 is 19.3 Å². The Morgan fingerprint density at radius 1 is 0.935 bits per heavy atom. The molecule has 1 N–H and O–H groups in total. The van der Waals surface area contributed by atoms with Crippen LogP contribution in [0.3, 0.4) is 0 Å². The topological polar surface area (TPSA) is 77.3 Å². The summed E-state index contributed by atoms with van der Waals surface area (Å²) in [5, 5.41) is 0. The van der Waals surface area contributed by atoms with Crippen molar-refractivity contribution in [1.82, 2.24) is 0 Å². The summed E-state index contributed by atoms with van der Waals surface area (Å²) in [6.45, 7) is 1.73. The van der Waals surface area contributed by atoms with E-state index < -0.39 is 17.9 Å². The summed E-state index contributed by atoms with van der Waals surface area (Å²) in [5.41, 5.74) is 1.09. The van der Waals surface area contributed by atoms with Crippen molar-refractivity contribution in [2.24, 2.45) is 11.8 Å². The van der Waals surface area contributed by atoms with Crippen molar-refractivity contribution >= 4 is 23.3 Å².